The summed E-state index contributed by atoms with van der Waals surface area (Å²) in [4.78, 5) is 0.417. The first-order valence-corrected chi connectivity index (χ1v) is 11.2. The van der Waals surface area contributed by atoms with E-state index in [1.165, 1.54) is 19.3 Å². The van der Waals surface area contributed by atoms with Gasteiger partial charge < -0.3 is 0 Å². The quantitative estimate of drug-likeness (QED) is 0.799. The van der Waals surface area contributed by atoms with Crippen molar-refractivity contribution >= 4 is 10.0 Å². The van der Waals surface area contributed by atoms with Crippen molar-refractivity contribution in [1.29, 1.82) is 0 Å². The zero-order valence-corrected chi connectivity index (χ0v) is 17.0. The topological polar surface area (TPSA) is 55.2 Å². The Morgan fingerprint density at radius 1 is 1.04 bits per heavy atom. The van der Waals surface area contributed by atoms with Crippen LogP contribution in [0.2, 0.25) is 0 Å². The Balaban J connectivity index is 1.98. The van der Waals surface area contributed by atoms with Crippen LogP contribution in [0.15, 0.2) is 11.1 Å². The monoisotopic (exact) mass is 367 g/mol. The Kier molecular flexibility index (Phi) is 5.31. The molecule has 0 bridgehead atoms. The fourth-order valence-corrected chi connectivity index (χ4v) is 5.98. The van der Waals surface area contributed by atoms with Crippen LogP contribution in [0.3, 0.4) is 0 Å². The van der Waals surface area contributed by atoms with Crippen LogP contribution in [0.4, 0.5) is 0 Å². The van der Waals surface area contributed by atoms with Crippen molar-refractivity contribution in [2.24, 2.45) is 0 Å². The lowest BCUT2D eigenvalue weighted by molar-refractivity contribution is 0.285. The van der Waals surface area contributed by atoms with Gasteiger partial charge in [-0.05, 0) is 25.7 Å². The van der Waals surface area contributed by atoms with Gasteiger partial charge in [0.05, 0.1) is 11.7 Å². The van der Waals surface area contributed by atoms with Crippen molar-refractivity contribution < 1.29 is 8.42 Å². The first kappa shape index (κ1) is 18.9. The van der Waals surface area contributed by atoms with E-state index >= 15 is 0 Å². The predicted molar refractivity (Wildman–Crippen MR) is 100 cm³/mol. The average molecular weight is 368 g/mol. The van der Waals surface area contributed by atoms with E-state index in [0.717, 1.165) is 38.5 Å². The van der Waals surface area contributed by atoms with Gasteiger partial charge in [-0.25, -0.2) is 8.42 Å². The van der Waals surface area contributed by atoms with Crippen molar-refractivity contribution in [2.45, 2.75) is 101 Å². The highest BCUT2D eigenvalue weighted by molar-refractivity contribution is 7.89. The molecule has 2 fully saturated rings. The average Bonchev–Trinajstić information content (AvgIpc) is 3.23. The fraction of sp³-hybridized carbons (Fsp3) is 0.842. The summed E-state index contributed by atoms with van der Waals surface area (Å²) in [6.07, 6.45) is 11.8. The van der Waals surface area contributed by atoms with Crippen LogP contribution in [-0.2, 0) is 15.4 Å². The van der Waals surface area contributed by atoms with Crippen LogP contribution in [-0.4, -0.2) is 35.6 Å². The van der Waals surface area contributed by atoms with Gasteiger partial charge in [0.1, 0.15) is 4.90 Å². The highest BCUT2D eigenvalue weighted by Gasteiger charge is 2.36. The molecule has 2 saturated carbocycles. The highest BCUT2D eigenvalue weighted by Crippen LogP contribution is 2.35. The molecule has 142 valence electrons. The van der Waals surface area contributed by atoms with Crippen LogP contribution in [0.5, 0.6) is 0 Å². The largest absolute Gasteiger partial charge is 0.268 e. The molecule has 0 spiro atoms. The van der Waals surface area contributed by atoms with Crippen molar-refractivity contribution in [3.63, 3.8) is 0 Å². The van der Waals surface area contributed by atoms with E-state index in [1.54, 1.807) is 11.4 Å². The summed E-state index contributed by atoms with van der Waals surface area (Å²) in [5.74, 6) is 0. The molecule has 0 radical (unpaired) electrons. The van der Waals surface area contributed by atoms with Crippen LogP contribution in [0.25, 0.3) is 0 Å². The lowest BCUT2D eigenvalue weighted by atomic mass is 9.92. The molecule has 1 aromatic heterocycles. The standard InChI is InChI=1S/C19H33N3O2S/c1-19(2,3)18-17(14-22(20-18)16-12-8-9-13-16)25(23,24)21(4)15-10-6-5-7-11-15/h14-16H,5-13H2,1-4H3. The summed E-state index contributed by atoms with van der Waals surface area (Å²) in [7, 11) is -1.76. The van der Waals surface area contributed by atoms with E-state index in [4.69, 9.17) is 5.10 Å². The summed E-state index contributed by atoms with van der Waals surface area (Å²) >= 11 is 0. The molecular formula is C19H33N3O2S. The molecular weight excluding hydrogens is 334 g/mol. The summed E-state index contributed by atoms with van der Waals surface area (Å²) < 4.78 is 30.4. The van der Waals surface area contributed by atoms with Crippen molar-refractivity contribution in [3.8, 4) is 0 Å². The summed E-state index contributed by atoms with van der Waals surface area (Å²) in [6, 6.07) is 0.478. The maximum absolute atomic E-state index is 13.4. The zero-order valence-electron chi connectivity index (χ0n) is 16.2. The zero-order chi connectivity index (χ0) is 18.2. The Bertz CT molecular complexity index is 691. The second kappa shape index (κ2) is 7.03. The molecule has 0 saturated heterocycles. The molecule has 0 N–H and O–H groups in total. The summed E-state index contributed by atoms with van der Waals surface area (Å²) in [5.41, 5.74) is 0.418. The van der Waals surface area contributed by atoms with Gasteiger partial charge in [0, 0.05) is 24.7 Å². The van der Waals surface area contributed by atoms with E-state index in [0.29, 0.717) is 16.6 Å². The normalized spacial score (nSPS) is 21.3. The molecule has 3 rings (SSSR count). The van der Waals surface area contributed by atoms with Gasteiger partial charge >= 0.3 is 0 Å². The molecule has 0 aromatic carbocycles. The van der Waals surface area contributed by atoms with E-state index in [2.05, 4.69) is 0 Å². The highest BCUT2D eigenvalue weighted by atomic mass is 32.2. The Labute approximate surface area is 152 Å². The van der Waals surface area contributed by atoms with Gasteiger partial charge in [-0.3, -0.25) is 4.68 Å². The van der Waals surface area contributed by atoms with Crippen LogP contribution in [0.1, 0.15) is 90.3 Å². The summed E-state index contributed by atoms with van der Waals surface area (Å²) in [6.45, 7) is 6.15. The minimum absolute atomic E-state index is 0.126. The lowest BCUT2D eigenvalue weighted by Crippen LogP contribution is -2.39. The number of aromatic nitrogens is 2. The van der Waals surface area contributed by atoms with Gasteiger partial charge in [0.2, 0.25) is 10.0 Å². The van der Waals surface area contributed by atoms with E-state index in [1.807, 2.05) is 31.6 Å². The number of rotatable bonds is 4. The molecule has 0 atom stereocenters. The van der Waals surface area contributed by atoms with Crippen molar-refractivity contribution in [3.05, 3.63) is 11.9 Å². The molecule has 0 aliphatic heterocycles. The van der Waals surface area contributed by atoms with Gasteiger partial charge in [-0.15, -0.1) is 0 Å². The number of sulfonamides is 1. The third-order valence-corrected chi connectivity index (χ3v) is 7.76. The molecule has 2 aliphatic rings. The molecule has 1 aromatic rings. The Morgan fingerprint density at radius 2 is 1.60 bits per heavy atom. The first-order valence-electron chi connectivity index (χ1n) is 9.79. The second-order valence-electron chi connectivity index (χ2n) is 8.82. The molecule has 1 heterocycles. The van der Waals surface area contributed by atoms with Crippen LogP contribution in [0, 0.1) is 0 Å². The van der Waals surface area contributed by atoms with Crippen LogP contribution < -0.4 is 0 Å². The van der Waals surface area contributed by atoms with Gasteiger partial charge in [0.15, 0.2) is 0 Å². The number of nitrogens with zero attached hydrogens (tertiary/aromatic N) is 3. The van der Waals surface area contributed by atoms with Crippen molar-refractivity contribution in [2.75, 3.05) is 7.05 Å². The third-order valence-electron chi connectivity index (χ3n) is 5.85. The van der Waals surface area contributed by atoms with Gasteiger partial charge in [-0.1, -0.05) is 52.9 Å². The summed E-state index contributed by atoms with van der Waals surface area (Å²) in [5, 5.41) is 4.77. The Morgan fingerprint density at radius 3 is 2.16 bits per heavy atom. The SMILES string of the molecule is CN(C1CCCCC1)S(=O)(=O)c1cn(C2CCCC2)nc1C(C)(C)C. The van der Waals surface area contributed by atoms with Crippen LogP contribution >= 0.6 is 0 Å². The molecule has 0 amide bonds. The fourth-order valence-electron chi connectivity index (χ4n) is 4.24. The molecule has 5 nitrogen and oxygen atoms in total. The third kappa shape index (κ3) is 3.80. The maximum Gasteiger partial charge on any atom is 0.246 e. The van der Waals surface area contributed by atoms with Gasteiger partial charge in [-0.2, -0.15) is 9.40 Å². The first-order chi connectivity index (χ1) is 11.7. The maximum atomic E-state index is 13.4. The minimum atomic E-state index is -3.51. The van der Waals surface area contributed by atoms with E-state index in [-0.39, 0.29) is 11.5 Å². The number of hydrogen-bond acceptors (Lipinski definition) is 3. The smallest absolute Gasteiger partial charge is 0.246 e. The number of hydrogen-bond donors (Lipinski definition) is 0. The molecule has 0 unspecified atom stereocenters. The van der Waals surface area contributed by atoms with E-state index in [9.17, 15) is 8.42 Å². The predicted octanol–water partition coefficient (Wildman–Crippen LogP) is 4.25. The molecule has 2 aliphatic carbocycles. The Hall–Kier alpha value is -0.880. The lowest BCUT2D eigenvalue weighted by Gasteiger charge is -2.31. The second-order valence-corrected chi connectivity index (χ2v) is 10.8. The van der Waals surface area contributed by atoms with Crippen molar-refractivity contribution in [1.82, 2.24) is 14.1 Å². The molecule has 6 heteroatoms. The van der Waals surface area contributed by atoms with E-state index < -0.39 is 10.0 Å². The molecule has 25 heavy (non-hydrogen) atoms. The minimum Gasteiger partial charge on any atom is -0.268 e. The van der Waals surface area contributed by atoms with Gasteiger partial charge in [0.25, 0.3) is 0 Å².